The highest BCUT2D eigenvalue weighted by atomic mass is 16.6. The number of anilines is 1. The van der Waals surface area contributed by atoms with E-state index in [2.05, 4.69) is 30.2 Å². The summed E-state index contributed by atoms with van der Waals surface area (Å²) < 4.78 is 15.5. The third kappa shape index (κ3) is 3.51. The molecule has 118 valence electrons. The Morgan fingerprint density at radius 3 is 2.95 bits per heavy atom. The molecule has 2 aromatic rings. The van der Waals surface area contributed by atoms with Crippen molar-refractivity contribution >= 4 is 5.82 Å². The van der Waals surface area contributed by atoms with Crippen LogP contribution in [0.2, 0.25) is 0 Å². The molecule has 0 aromatic carbocycles. The Hall–Kier alpha value is -2.22. The Morgan fingerprint density at radius 2 is 2.23 bits per heavy atom. The molecule has 1 N–H and O–H groups in total. The highest BCUT2D eigenvalue weighted by Gasteiger charge is 2.20. The highest BCUT2D eigenvalue weighted by molar-refractivity contribution is 5.37. The summed E-state index contributed by atoms with van der Waals surface area (Å²) in [6.07, 6.45) is 1.01. The Bertz CT molecular complexity index is 625. The maximum atomic E-state index is 5.47. The zero-order chi connectivity index (χ0) is 15.4. The molecular formula is C14H19N5O3. The molecular weight excluding hydrogens is 286 g/mol. The number of rotatable bonds is 6. The molecule has 1 aliphatic heterocycles. The number of aryl methyl sites for hydroxylation is 2. The second kappa shape index (κ2) is 6.69. The summed E-state index contributed by atoms with van der Waals surface area (Å²) in [5, 5.41) is 10.6. The molecule has 0 aliphatic carbocycles. The van der Waals surface area contributed by atoms with Crippen LogP contribution in [0.3, 0.4) is 0 Å². The van der Waals surface area contributed by atoms with Crippen molar-refractivity contribution in [3.05, 3.63) is 23.3 Å². The van der Waals surface area contributed by atoms with Crippen molar-refractivity contribution < 1.29 is 14.1 Å². The van der Waals surface area contributed by atoms with Crippen LogP contribution in [0.1, 0.15) is 29.6 Å². The average Bonchev–Trinajstić information content (AvgIpc) is 3.15. The minimum Gasteiger partial charge on any atom is -0.472 e. The van der Waals surface area contributed by atoms with Gasteiger partial charge in [-0.1, -0.05) is 5.16 Å². The van der Waals surface area contributed by atoms with E-state index in [0.29, 0.717) is 30.6 Å². The van der Waals surface area contributed by atoms with E-state index in [1.807, 2.05) is 13.0 Å². The zero-order valence-corrected chi connectivity index (χ0v) is 12.7. The predicted molar refractivity (Wildman–Crippen MR) is 78.0 cm³/mol. The van der Waals surface area contributed by atoms with Crippen LogP contribution in [-0.4, -0.2) is 46.6 Å². The van der Waals surface area contributed by atoms with Crippen LogP contribution >= 0.6 is 0 Å². The SMILES string of the molecule is Cc1nc(NCCOc2nonc2C)cc([C@@H]2CCOC2)n1. The van der Waals surface area contributed by atoms with E-state index in [-0.39, 0.29) is 0 Å². The first-order valence-corrected chi connectivity index (χ1v) is 7.31. The summed E-state index contributed by atoms with van der Waals surface area (Å²) in [4.78, 5) is 8.90. The van der Waals surface area contributed by atoms with Crippen molar-refractivity contribution in [3.8, 4) is 5.88 Å². The number of hydrogen-bond donors (Lipinski definition) is 1. The molecule has 0 spiro atoms. The fraction of sp³-hybridized carbons (Fsp3) is 0.571. The van der Waals surface area contributed by atoms with Crippen LogP contribution in [0.15, 0.2) is 10.7 Å². The Morgan fingerprint density at radius 1 is 1.32 bits per heavy atom. The van der Waals surface area contributed by atoms with Gasteiger partial charge in [0, 0.05) is 18.6 Å². The molecule has 8 heteroatoms. The van der Waals surface area contributed by atoms with Gasteiger partial charge in [0.1, 0.15) is 23.9 Å². The molecule has 22 heavy (non-hydrogen) atoms. The van der Waals surface area contributed by atoms with Gasteiger partial charge in [0.2, 0.25) is 0 Å². The first-order valence-electron chi connectivity index (χ1n) is 7.31. The van der Waals surface area contributed by atoms with Crippen LogP contribution in [0.25, 0.3) is 0 Å². The lowest BCUT2D eigenvalue weighted by Gasteiger charge is -2.11. The lowest BCUT2D eigenvalue weighted by molar-refractivity contribution is 0.193. The van der Waals surface area contributed by atoms with E-state index < -0.39 is 0 Å². The third-order valence-corrected chi connectivity index (χ3v) is 3.46. The predicted octanol–water partition coefficient (Wildman–Crippen LogP) is 1.47. The number of aromatic nitrogens is 4. The van der Waals surface area contributed by atoms with E-state index in [9.17, 15) is 0 Å². The maximum absolute atomic E-state index is 5.47. The van der Waals surface area contributed by atoms with Gasteiger partial charge < -0.3 is 14.8 Å². The molecule has 1 saturated heterocycles. The summed E-state index contributed by atoms with van der Waals surface area (Å²) >= 11 is 0. The Kier molecular flexibility index (Phi) is 4.47. The number of nitrogens with zero attached hydrogens (tertiary/aromatic N) is 4. The molecule has 2 aromatic heterocycles. The zero-order valence-electron chi connectivity index (χ0n) is 12.7. The minimum absolute atomic E-state index is 0.363. The summed E-state index contributed by atoms with van der Waals surface area (Å²) in [6, 6.07) is 1.98. The van der Waals surface area contributed by atoms with Gasteiger partial charge in [-0.3, -0.25) is 0 Å². The van der Waals surface area contributed by atoms with E-state index in [1.54, 1.807) is 6.92 Å². The van der Waals surface area contributed by atoms with Crippen molar-refractivity contribution in [2.24, 2.45) is 0 Å². The van der Waals surface area contributed by atoms with E-state index in [0.717, 1.165) is 37.0 Å². The molecule has 1 aliphatic rings. The average molecular weight is 305 g/mol. The van der Waals surface area contributed by atoms with Gasteiger partial charge in [-0.25, -0.2) is 14.6 Å². The van der Waals surface area contributed by atoms with Crippen molar-refractivity contribution in [1.82, 2.24) is 20.3 Å². The second-order valence-electron chi connectivity index (χ2n) is 5.22. The fourth-order valence-corrected chi connectivity index (χ4v) is 2.34. The molecule has 0 unspecified atom stereocenters. The summed E-state index contributed by atoms with van der Waals surface area (Å²) in [7, 11) is 0. The maximum Gasteiger partial charge on any atom is 0.278 e. The third-order valence-electron chi connectivity index (χ3n) is 3.46. The van der Waals surface area contributed by atoms with Crippen molar-refractivity contribution in [2.75, 3.05) is 31.7 Å². The highest BCUT2D eigenvalue weighted by Crippen LogP contribution is 2.24. The van der Waals surface area contributed by atoms with Crippen LogP contribution < -0.4 is 10.1 Å². The first-order chi connectivity index (χ1) is 10.7. The molecule has 0 amide bonds. The summed E-state index contributed by atoms with van der Waals surface area (Å²) in [5.41, 5.74) is 1.67. The first kappa shape index (κ1) is 14.7. The topological polar surface area (TPSA) is 95.2 Å². The van der Waals surface area contributed by atoms with Crippen LogP contribution in [0.5, 0.6) is 5.88 Å². The van der Waals surface area contributed by atoms with E-state index >= 15 is 0 Å². The quantitative estimate of drug-likeness (QED) is 0.802. The van der Waals surface area contributed by atoms with Gasteiger partial charge >= 0.3 is 0 Å². The van der Waals surface area contributed by atoms with Crippen molar-refractivity contribution in [1.29, 1.82) is 0 Å². The molecule has 1 atom stereocenters. The van der Waals surface area contributed by atoms with Crippen molar-refractivity contribution in [3.63, 3.8) is 0 Å². The second-order valence-corrected chi connectivity index (χ2v) is 5.22. The van der Waals surface area contributed by atoms with Crippen LogP contribution in [-0.2, 0) is 4.74 Å². The molecule has 3 rings (SSSR count). The van der Waals surface area contributed by atoms with E-state index in [4.69, 9.17) is 9.47 Å². The molecule has 0 radical (unpaired) electrons. The minimum atomic E-state index is 0.363. The molecule has 1 fully saturated rings. The van der Waals surface area contributed by atoms with Gasteiger partial charge in [-0.2, -0.15) is 0 Å². The van der Waals surface area contributed by atoms with Gasteiger partial charge in [0.05, 0.1) is 18.8 Å². The van der Waals surface area contributed by atoms with Crippen LogP contribution in [0.4, 0.5) is 5.82 Å². The fourth-order valence-electron chi connectivity index (χ4n) is 2.34. The Balaban J connectivity index is 1.54. The van der Waals surface area contributed by atoms with E-state index in [1.165, 1.54) is 0 Å². The summed E-state index contributed by atoms with van der Waals surface area (Å²) in [5.74, 6) is 2.34. The smallest absolute Gasteiger partial charge is 0.278 e. The molecule has 0 bridgehead atoms. The number of hydrogen-bond acceptors (Lipinski definition) is 8. The lowest BCUT2D eigenvalue weighted by Crippen LogP contribution is -2.14. The molecule has 8 nitrogen and oxygen atoms in total. The molecule has 0 saturated carbocycles. The standard InChI is InChI=1S/C14H19N5O3/c1-9-14(19-22-18-9)21-6-4-15-13-7-12(16-10(2)17-13)11-3-5-20-8-11/h7,11H,3-6,8H2,1-2H3,(H,15,16,17)/t11-/m1/s1. The van der Waals surface area contributed by atoms with Gasteiger partial charge in [0.15, 0.2) is 0 Å². The normalized spacial score (nSPS) is 17.6. The number of ether oxygens (including phenoxy) is 2. The van der Waals surface area contributed by atoms with Crippen LogP contribution in [0, 0.1) is 13.8 Å². The lowest BCUT2D eigenvalue weighted by atomic mass is 10.0. The van der Waals surface area contributed by atoms with Gasteiger partial charge in [0.25, 0.3) is 5.88 Å². The monoisotopic (exact) mass is 305 g/mol. The van der Waals surface area contributed by atoms with Gasteiger partial charge in [-0.05, 0) is 25.4 Å². The summed E-state index contributed by atoms with van der Waals surface area (Å²) in [6.45, 7) is 6.25. The Labute approximate surface area is 128 Å². The molecule has 3 heterocycles. The van der Waals surface area contributed by atoms with Gasteiger partial charge in [-0.15, -0.1) is 0 Å². The largest absolute Gasteiger partial charge is 0.472 e. The van der Waals surface area contributed by atoms with Crippen molar-refractivity contribution in [2.45, 2.75) is 26.2 Å². The number of nitrogens with one attached hydrogen (secondary N) is 1.